The molecule has 0 unspecified atom stereocenters. The third-order valence-corrected chi connectivity index (χ3v) is 8.29. The molecule has 0 aliphatic heterocycles. The number of alkyl halides is 3. The summed E-state index contributed by atoms with van der Waals surface area (Å²) in [5.41, 5.74) is 0.647. The summed E-state index contributed by atoms with van der Waals surface area (Å²) in [6.45, 7) is -0.663. The summed E-state index contributed by atoms with van der Waals surface area (Å²) < 4.78 is 67.5. The van der Waals surface area contributed by atoms with Crippen LogP contribution in [0, 0.1) is 0 Å². The fourth-order valence-electron chi connectivity index (χ4n) is 4.59. The maximum atomic E-state index is 13.4. The average Bonchev–Trinajstić information content (AvgIpc) is 3.31. The van der Waals surface area contributed by atoms with Crippen molar-refractivity contribution in [3.63, 3.8) is 0 Å². The first-order valence-corrected chi connectivity index (χ1v) is 14.9. The monoisotopic (exact) mass is 635 g/mol. The summed E-state index contributed by atoms with van der Waals surface area (Å²) in [6, 6.07) is 9.32. The van der Waals surface area contributed by atoms with Crippen LogP contribution in [0.15, 0.2) is 42.5 Å². The molecule has 0 bridgehead atoms. The standard InChI is InChI=1S/C26H26Cl2F3N3O6S/c27-17-8-11-22(21(28)14-17)33-24(16-6-9-19(10-7-16)40-41(38,39)13-12-26(29,30)31)20(15-35)23(32-33)25(36)34(37)18-4-2-1-3-5-18/h6-11,14,18,35,37H,1-5,12-13,15H2. The minimum absolute atomic E-state index is 0.0577. The predicted octanol–water partition coefficient (Wildman–Crippen LogP) is 6.16. The summed E-state index contributed by atoms with van der Waals surface area (Å²) in [7, 11) is -4.53. The summed E-state index contributed by atoms with van der Waals surface area (Å²) in [4.78, 5) is 13.4. The van der Waals surface area contributed by atoms with Gasteiger partial charge in [0, 0.05) is 16.1 Å². The second-order valence-corrected chi connectivity index (χ2v) is 12.1. The third kappa shape index (κ3) is 7.52. The third-order valence-electron chi connectivity index (χ3n) is 6.60. The average molecular weight is 636 g/mol. The molecule has 2 N–H and O–H groups in total. The van der Waals surface area contributed by atoms with E-state index in [0.29, 0.717) is 28.5 Å². The van der Waals surface area contributed by atoms with Crippen molar-refractivity contribution in [1.82, 2.24) is 14.8 Å². The lowest BCUT2D eigenvalue weighted by Gasteiger charge is -2.28. The van der Waals surface area contributed by atoms with Gasteiger partial charge in [-0.1, -0.05) is 42.5 Å². The van der Waals surface area contributed by atoms with Crippen molar-refractivity contribution in [2.24, 2.45) is 0 Å². The number of hydrogen-bond acceptors (Lipinski definition) is 7. The fraction of sp³-hybridized carbons (Fsp3) is 0.385. The van der Waals surface area contributed by atoms with Gasteiger partial charge in [0.05, 0.1) is 41.2 Å². The molecule has 1 heterocycles. The van der Waals surface area contributed by atoms with Crippen LogP contribution >= 0.6 is 23.2 Å². The summed E-state index contributed by atoms with van der Waals surface area (Å²) in [5, 5.41) is 26.6. The van der Waals surface area contributed by atoms with Gasteiger partial charge in [0.25, 0.3) is 5.91 Å². The number of aliphatic hydroxyl groups is 1. The van der Waals surface area contributed by atoms with E-state index >= 15 is 0 Å². The Morgan fingerprint density at radius 1 is 1.10 bits per heavy atom. The Morgan fingerprint density at radius 3 is 2.34 bits per heavy atom. The second-order valence-electron chi connectivity index (χ2n) is 9.52. The second kappa shape index (κ2) is 12.6. The Kier molecular flexibility index (Phi) is 9.54. The highest BCUT2D eigenvalue weighted by atomic mass is 35.5. The smallest absolute Gasteiger partial charge is 0.390 e. The maximum absolute atomic E-state index is 13.4. The van der Waals surface area contributed by atoms with Crippen LogP contribution in [-0.2, 0) is 16.7 Å². The van der Waals surface area contributed by atoms with Crippen LogP contribution in [0.4, 0.5) is 13.2 Å². The molecule has 222 valence electrons. The van der Waals surface area contributed by atoms with E-state index in [1.165, 1.54) is 41.1 Å². The molecule has 9 nitrogen and oxygen atoms in total. The predicted molar refractivity (Wildman–Crippen MR) is 145 cm³/mol. The number of rotatable bonds is 9. The van der Waals surface area contributed by atoms with Crippen LogP contribution in [0.2, 0.25) is 10.0 Å². The number of aromatic nitrogens is 2. The first-order chi connectivity index (χ1) is 19.3. The summed E-state index contributed by atoms with van der Waals surface area (Å²) in [5.74, 6) is -2.31. The number of carbonyl (C=O) groups excluding carboxylic acids is 1. The Morgan fingerprint density at radius 2 is 1.76 bits per heavy atom. The van der Waals surface area contributed by atoms with E-state index < -0.39 is 47.0 Å². The van der Waals surface area contributed by atoms with Gasteiger partial charge in [0.2, 0.25) is 0 Å². The quantitative estimate of drug-likeness (QED) is 0.164. The SMILES string of the molecule is O=C(c1nn(-c2ccc(Cl)cc2Cl)c(-c2ccc(OS(=O)(=O)CCC(F)(F)F)cc2)c1CO)N(O)C1CCCCC1. The highest BCUT2D eigenvalue weighted by Crippen LogP contribution is 2.35. The van der Waals surface area contributed by atoms with Crippen molar-refractivity contribution in [2.75, 3.05) is 5.75 Å². The number of nitrogens with zero attached hydrogens (tertiary/aromatic N) is 3. The number of carbonyl (C=O) groups is 1. The molecule has 2 aromatic carbocycles. The number of hydroxylamine groups is 2. The lowest BCUT2D eigenvalue weighted by molar-refractivity contribution is -0.130. The van der Waals surface area contributed by atoms with Crippen LogP contribution in [-0.4, -0.2) is 57.5 Å². The Hall–Kier alpha value is -2.84. The highest BCUT2D eigenvalue weighted by Gasteiger charge is 2.33. The lowest BCUT2D eigenvalue weighted by Crippen LogP contribution is -2.39. The van der Waals surface area contributed by atoms with E-state index in [1.807, 2.05) is 0 Å². The van der Waals surface area contributed by atoms with Gasteiger partial charge in [-0.15, -0.1) is 0 Å². The molecule has 0 atom stereocenters. The van der Waals surface area contributed by atoms with E-state index in [2.05, 4.69) is 5.10 Å². The summed E-state index contributed by atoms with van der Waals surface area (Å²) >= 11 is 12.5. The molecule has 41 heavy (non-hydrogen) atoms. The molecule has 1 aliphatic rings. The minimum atomic E-state index is -4.67. The van der Waals surface area contributed by atoms with Gasteiger partial charge >= 0.3 is 16.3 Å². The Balaban J connectivity index is 1.75. The Labute approximate surface area is 244 Å². The number of hydrogen-bond donors (Lipinski definition) is 2. The first kappa shape index (κ1) is 31.1. The molecule has 0 radical (unpaired) electrons. The van der Waals surface area contributed by atoms with Gasteiger partial charge in [0.1, 0.15) is 5.75 Å². The largest absolute Gasteiger partial charge is 0.392 e. The number of halogens is 5. The van der Waals surface area contributed by atoms with Crippen LogP contribution in [0.3, 0.4) is 0 Å². The highest BCUT2D eigenvalue weighted by molar-refractivity contribution is 7.87. The molecular formula is C26H26Cl2F3N3O6S. The molecule has 15 heteroatoms. The molecule has 1 amide bonds. The van der Waals surface area contributed by atoms with Crippen LogP contribution in [0.1, 0.15) is 54.6 Å². The number of benzene rings is 2. The van der Waals surface area contributed by atoms with Gasteiger partial charge in [-0.3, -0.25) is 10.0 Å². The minimum Gasteiger partial charge on any atom is -0.392 e. The van der Waals surface area contributed by atoms with Crippen molar-refractivity contribution < 1.29 is 40.9 Å². The van der Waals surface area contributed by atoms with Crippen LogP contribution in [0.5, 0.6) is 5.75 Å². The topological polar surface area (TPSA) is 122 Å². The van der Waals surface area contributed by atoms with E-state index in [4.69, 9.17) is 27.4 Å². The molecule has 1 aromatic heterocycles. The molecular weight excluding hydrogens is 610 g/mol. The van der Waals surface area contributed by atoms with Crippen molar-refractivity contribution in [3.05, 3.63) is 63.8 Å². The van der Waals surface area contributed by atoms with Crippen molar-refractivity contribution in [1.29, 1.82) is 0 Å². The summed E-state index contributed by atoms with van der Waals surface area (Å²) in [6.07, 6.45) is -2.31. The van der Waals surface area contributed by atoms with Gasteiger partial charge in [-0.25, -0.2) is 9.75 Å². The van der Waals surface area contributed by atoms with Gasteiger partial charge < -0.3 is 9.29 Å². The zero-order chi connectivity index (χ0) is 29.9. The molecule has 0 spiro atoms. The normalized spacial score (nSPS) is 14.7. The molecule has 4 rings (SSSR count). The fourth-order valence-corrected chi connectivity index (χ4v) is 6.05. The maximum Gasteiger partial charge on any atom is 0.390 e. The zero-order valence-electron chi connectivity index (χ0n) is 21.4. The van der Waals surface area contributed by atoms with E-state index in [9.17, 15) is 36.7 Å². The van der Waals surface area contributed by atoms with Crippen molar-refractivity contribution >= 4 is 39.2 Å². The van der Waals surface area contributed by atoms with Gasteiger partial charge in [0.15, 0.2) is 5.69 Å². The molecule has 0 saturated heterocycles. The number of amides is 1. The lowest BCUT2D eigenvalue weighted by atomic mass is 9.95. The van der Waals surface area contributed by atoms with Crippen LogP contribution < -0.4 is 4.18 Å². The molecule has 1 aliphatic carbocycles. The first-order valence-electron chi connectivity index (χ1n) is 12.6. The zero-order valence-corrected chi connectivity index (χ0v) is 23.8. The van der Waals surface area contributed by atoms with E-state index in [1.54, 1.807) is 6.07 Å². The molecule has 1 fully saturated rings. The van der Waals surface area contributed by atoms with Crippen LogP contribution in [0.25, 0.3) is 16.9 Å². The van der Waals surface area contributed by atoms with Crippen molar-refractivity contribution in [2.45, 2.75) is 57.3 Å². The van der Waals surface area contributed by atoms with Gasteiger partial charge in [-0.05, 0) is 55.3 Å². The Bertz CT molecular complexity index is 1510. The molecule has 3 aromatic rings. The van der Waals surface area contributed by atoms with Gasteiger partial charge in [-0.2, -0.15) is 26.7 Å². The van der Waals surface area contributed by atoms with Crippen molar-refractivity contribution in [3.8, 4) is 22.7 Å². The van der Waals surface area contributed by atoms with E-state index in [0.717, 1.165) is 19.3 Å². The number of aliphatic hydroxyl groups excluding tert-OH is 1. The van der Waals surface area contributed by atoms with E-state index in [-0.39, 0.29) is 33.4 Å². The molecule has 1 saturated carbocycles.